The first-order valence-corrected chi connectivity index (χ1v) is 11.0. The van der Waals surface area contributed by atoms with Gasteiger partial charge in [-0.2, -0.15) is 0 Å². The van der Waals surface area contributed by atoms with Crippen molar-refractivity contribution in [2.75, 3.05) is 19.5 Å². The Hall–Kier alpha value is -2.84. The number of hydrogen-bond donors (Lipinski definition) is 0. The summed E-state index contributed by atoms with van der Waals surface area (Å²) in [6.07, 6.45) is 3.50. The molecule has 0 aliphatic heterocycles. The molecule has 0 aliphatic carbocycles. The normalized spacial score (nSPS) is 10.7. The van der Waals surface area contributed by atoms with Gasteiger partial charge in [0.15, 0.2) is 11.0 Å². The van der Waals surface area contributed by atoms with Crippen LogP contribution < -0.4 is 9.47 Å². The Labute approximate surface area is 187 Å². The Bertz CT molecular complexity index is 1090. The SMILES string of the molecule is COc1ccc(-n2c(SCCOc3ccc(Br)cc3)nnc2-c2ccncc2)cc1. The molecule has 30 heavy (non-hydrogen) atoms. The Morgan fingerprint density at radius 2 is 1.60 bits per heavy atom. The molecule has 4 aromatic rings. The van der Waals surface area contributed by atoms with Crippen molar-refractivity contribution >= 4 is 27.7 Å². The zero-order valence-corrected chi connectivity index (χ0v) is 18.6. The number of rotatable bonds is 8. The smallest absolute Gasteiger partial charge is 0.196 e. The number of pyridine rings is 1. The summed E-state index contributed by atoms with van der Waals surface area (Å²) in [6, 6.07) is 19.5. The van der Waals surface area contributed by atoms with Gasteiger partial charge >= 0.3 is 0 Å². The molecule has 0 radical (unpaired) electrons. The van der Waals surface area contributed by atoms with Gasteiger partial charge < -0.3 is 9.47 Å². The van der Waals surface area contributed by atoms with Gasteiger partial charge in [-0.25, -0.2) is 0 Å². The van der Waals surface area contributed by atoms with E-state index < -0.39 is 0 Å². The van der Waals surface area contributed by atoms with E-state index in [1.165, 1.54) is 0 Å². The molecule has 0 bridgehead atoms. The van der Waals surface area contributed by atoms with Crippen LogP contribution in [-0.4, -0.2) is 39.2 Å². The molecule has 0 N–H and O–H groups in total. The molecule has 6 nitrogen and oxygen atoms in total. The fraction of sp³-hybridized carbons (Fsp3) is 0.136. The van der Waals surface area contributed by atoms with Crippen molar-refractivity contribution in [1.29, 1.82) is 0 Å². The predicted molar refractivity (Wildman–Crippen MR) is 122 cm³/mol. The van der Waals surface area contributed by atoms with Gasteiger partial charge in [-0.3, -0.25) is 9.55 Å². The largest absolute Gasteiger partial charge is 0.497 e. The minimum Gasteiger partial charge on any atom is -0.497 e. The van der Waals surface area contributed by atoms with Crippen LogP contribution in [0, 0.1) is 0 Å². The van der Waals surface area contributed by atoms with E-state index in [0.29, 0.717) is 6.61 Å². The second kappa shape index (κ2) is 9.77. The van der Waals surface area contributed by atoms with E-state index in [1.807, 2.05) is 65.2 Å². The highest BCUT2D eigenvalue weighted by Gasteiger charge is 2.16. The minimum absolute atomic E-state index is 0.562. The van der Waals surface area contributed by atoms with Crippen molar-refractivity contribution in [2.24, 2.45) is 0 Å². The summed E-state index contributed by atoms with van der Waals surface area (Å²) in [5.74, 6) is 3.14. The number of methoxy groups -OCH3 is 1. The highest BCUT2D eigenvalue weighted by molar-refractivity contribution is 9.10. The van der Waals surface area contributed by atoms with Gasteiger partial charge in [0.2, 0.25) is 0 Å². The van der Waals surface area contributed by atoms with E-state index in [4.69, 9.17) is 9.47 Å². The predicted octanol–water partition coefficient (Wildman–Crippen LogP) is 5.27. The summed E-state index contributed by atoms with van der Waals surface area (Å²) in [5, 5.41) is 9.67. The van der Waals surface area contributed by atoms with Crippen LogP contribution in [0.1, 0.15) is 0 Å². The topological polar surface area (TPSA) is 62.1 Å². The summed E-state index contributed by atoms with van der Waals surface area (Å²) in [4.78, 5) is 4.10. The Balaban J connectivity index is 1.54. The summed E-state index contributed by atoms with van der Waals surface area (Å²) >= 11 is 5.03. The van der Waals surface area contributed by atoms with Crippen LogP contribution >= 0.6 is 27.7 Å². The van der Waals surface area contributed by atoms with Gasteiger partial charge in [0.05, 0.1) is 13.7 Å². The van der Waals surface area contributed by atoms with E-state index in [-0.39, 0.29) is 0 Å². The molecule has 0 atom stereocenters. The number of aromatic nitrogens is 4. The molecule has 0 saturated heterocycles. The Kier molecular flexibility index (Phi) is 6.66. The summed E-state index contributed by atoms with van der Waals surface area (Å²) < 4.78 is 14.2. The van der Waals surface area contributed by atoms with Crippen LogP contribution in [0.15, 0.2) is 82.7 Å². The first kappa shape index (κ1) is 20.4. The fourth-order valence-corrected chi connectivity index (χ4v) is 3.87. The van der Waals surface area contributed by atoms with E-state index >= 15 is 0 Å². The maximum absolute atomic E-state index is 5.83. The zero-order chi connectivity index (χ0) is 20.8. The average molecular weight is 483 g/mol. The van der Waals surface area contributed by atoms with Crippen LogP contribution in [0.2, 0.25) is 0 Å². The van der Waals surface area contributed by atoms with Gasteiger partial charge in [0, 0.05) is 33.9 Å². The zero-order valence-electron chi connectivity index (χ0n) is 16.2. The lowest BCUT2D eigenvalue weighted by atomic mass is 10.2. The third-order valence-electron chi connectivity index (χ3n) is 4.30. The lowest BCUT2D eigenvalue weighted by Gasteiger charge is -2.11. The fourth-order valence-electron chi connectivity index (χ4n) is 2.84. The van der Waals surface area contributed by atoms with Crippen LogP contribution in [0.25, 0.3) is 17.1 Å². The molecule has 152 valence electrons. The molecule has 0 amide bonds. The molecule has 2 heterocycles. The maximum Gasteiger partial charge on any atom is 0.196 e. The van der Waals surface area contributed by atoms with Crippen molar-refractivity contribution in [3.05, 3.63) is 77.5 Å². The lowest BCUT2D eigenvalue weighted by molar-refractivity contribution is 0.344. The van der Waals surface area contributed by atoms with Crippen molar-refractivity contribution in [2.45, 2.75) is 5.16 Å². The molecule has 0 aliphatic rings. The first-order chi connectivity index (χ1) is 14.7. The maximum atomic E-state index is 5.83. The quantitative estimate of drug-likeness (QED) is 0.251. The number of thioether (sulfide) groups is 1. The third-order valence-corrected chi connectivity index (χ3v) is 5.72. The highest BCUT2D eigenvalue weighted by Crippen LogP contribution is 2.28. The number of halogens is 1. The molecule has 0 fully saturated rings. The van der Waals surface area contributed by atoms with E-state index in [2.05, 4.69) is 31.1 Å². The van der Waals surface area contributed by atoms with Crippen molar-refractivity contribution < 1.29 is 9.47 Å². The molecular weight excluding hydrogens is 464 g/mol. The Morgan fingerprint density at radius 1 is 0.900 bits per heavy atom. The molecule has 2 aromatic heterocycles. The van der Waals surface area contributed by atoms with Crippen LogP contribution in [0.3, 0.4) is 0 Å². The van der Waals surface area contributed by atoms with E-state index in [0.717, 1.165) is 44.0 Å². The van der Waals surface area contributed by atoms with Crippen molar-refractivity contribution in [3.63, 3.8) is 0 Å². The van der Waals surface area contributed by atoms with Crippen molar-refractivity contribution in [1.82, 2.24) is 19.7 Å². The van der Waals surface area contributed by atoms with Gasteiger partial charge in [0.1, 0.15) is 11.5 Å². The van der Waals surface area contributed by atoms with Gasteiger partial charge in [0.25, 0.3) is 0 Å². The summed E-state index contributed by atoms with van der Waals surface area (Å²) in [6.45, 7) is 0.562. The molecule has 0 saturated carbocycles. The van der Waals surface area contributed by atoms with E-state index in [1.54, 1.807) is 31.3 Å². The van der Waals surface area contributed by atoms with Crippen LogP contribution in [0.4, 0.5) is 0 Å². The summed E-state index contributed by atoms with van der Waals surface area (Å²) in [5.41, 5.74) is 1.91. The van der Waals surface area contributed by atoms with Crippen LogP contribution in [-0.2, 0) is 0 Å². The number of nitrogens with zero attached hydrogens (tertiary/aromatic N) is 4. The molecule has 0 unspecified atom stereocenters. The minimum atomic E-state index is 0.562. The van der Waals surface area contributed by atoms with Gasteiger partial charge in [-0.1, -0.05) is 27.7 Å². The van der Waals surface area contributed by atoms with Crippen molar-refractivity contribution in [3.8, 4) is 28.6 Å². The van der Waals surface area contributed by atoms with Gasteiger partial charge in [-0.15, -0.1) is 10.2 Å². The van der Waals surface area contributed by atoms with E-state index in [9.17, 15) is 0 Å². The highest BCUT2D eigenvalue weighted by atomic mass is 79.9. The number of hydrogen-bond acceptors (Lipinski definition) is 6. The molecular formula is C22H19BrN4O2S. The molecule has 8 heteroatoms. The number of ether oxygens (including phenoxy) is 2. The third kappa shape index (κ3) is 4.83. The summed E-state index contributed by atoms with van der Waals surface area (Å²) in [7, 11) is 1.66. The second-order valence-electron chi connectivity index (χ2n) is 6.23. The standard InChI is InChI=1S/C22H19BrN4O2S/c1-28-19-8-4-18(5-9-19)27-21(16-10-12-24-13-11-16)25-26-22(27)30-15-14-29-20-6-2-17(23)3-7-20/h2-13H,14-15H2,1H3. The van der Waals surface area contributed by atoms with Gasteiger partial charge in [-0.05, 0) is 60.7 Å². The first-order valence-electron chi connectivity index (χ1n) is 9.26. The average Bonchev–Trinajstić information content (AvgIpc) is 3.22. The monoisotopic (exact) mass is 482 g/mol. The number of benzene rings is 2. The Morgan fingerprint density at radius 3 is 2.30 bits per heavy atom. The molecule has 4 rings (SSSR count). The second-order valence-corrected chi connectivity index (χ2v) is 8.20. The molecule has 2 aromatic carbocycles. The van der Waals surface area contributed by atoms with Crippen LogP contribution in [0.5, 0.6) is 11.5 Å². The lowest BCUT2D eigenvalue weighted by Crippen LogP contribution is -2.03. The molecule has 0 spiro atoms.